The maximum Gasteiger partial charge on any atom is 0.306 e. The van der Waals surface area contributed by atoms with E-state index in [1.54, 1.807) is 0 Å². The Kier molecular flexibility index (Phi) is 64.3. The molecule has 0 saturated carbocycles. The highest BCUT2D eigenvalue weighted by Crippen LogP contribution is 2.17. The molecule has 0 spiro atoms. The van der Waals surface area contributed by atoms with Gasteiger partial charge < -0.3 is 14.2 Å². The largest absolute Gasteiger partial charge is 0.462 e. The van der Waals surface area contributed by atoms with E-state index >= 15 is 0 Å². The van der Waals surface area contributed by atoms with Gasteiger partial charge in [0.1, 0.15) is 13.2 Å². The van der Waals surface area contributed by atoms with Crippen LogP contribution in [0.2, 0.25) is 0 Å². The first-order valence-corrected chi connectivity index (χ1v) is 33.9. The van der Waals surface area contributed by atoms with E-state index in [0.717, 1.165) is 135 Å². The van der Waals surface area contributed by atoms with Gasteiger partial charge in [-0.3, -0.25) is 14.4 Å². The van der Waals surface area contributed by atoms with E-state index in [1.165, 1.54) is 148 Å². The third kappa shape index (κ3) is 64.9. The Bertz CT molecular complexity index is 1610. The van der Waals surface area contributed by atoms with E-state index in [-0.39, 0.29) is 31.1 Å². The van der Waals surface area contributed by atoms with Crippen LogP contribution in [0.5, 0.6) is 0 Å². The summed E-state index contributed by atoms with van der Waals surface area (Å²) < 4.78 is 17.0. The Morgan fingerprint density at radius 1 is 0.263 bits per heavy atom. The summed E-state index contributed by atoms with van der Waals surface area (Å²) in [7, 11) is 0. The van der Waals surface area contributed by atoms with Crippen LogP contribution in [0.3, 0.4) is 0 Å². The molecule has 0 bridgehead atoms. The summed E-state index contributed by atoms with van der Waals surface area (Å²) in [5, 5.41) is 0. The van der Waals surface area contributed by atoms with Crippen molar-refractivity contribution in [2.24, 2.45) is 0 Å². The normalized spacial score (nSPS) is 12.8. The van der Waals surface area contributed by atoms with Crippen LogP contribution < -0.4 is 0 Å². The van der Waals surface area contributed by atoms with Crippen molar-refractivity contribution in [1.29, 1.82) is 0 Å². The molecule has 0 radical (unpaired) electrons. The zero-order valence-electron chi connectivity index (χ0n) is 52.6. The molecule has 0 aliphatic rings. The second-order valence-corrected chi connectivity index (χ2v) is 22.3. The summed E-state index contributed by atoms with van der Waals surface area (Å²) >= 11 is 0. The van der Waals surface area contributed by atoms with Crippen LogP contribution in [-0.4, -0.2) is 37.2 Å². The molecule has 0 N–H and O–H groups in total. The van der Waals surface area contributed by atoms with E-state index in [9.17, 15) is 14.4 Å². The Morgan fingerprint density at radius 2 is 0.487 bits per heavy atom. The second kappa shape index (κ2) is 67.6. The minimum atomic E-state index is -0.793. The number of ether oxygens (including phenoxy) is 3. The van der Waals surface area contributed by atoms with Crippen LogP contribution >= 0.6 is 0 Å². The van der Waals surface area contributed by atoms with E-state index in [1.807, 2.05) is 0 Å². The van der Waals surface area contributed by atoms with E-state index in [4.69, 9.17) is 14.2 Å². The molecule has 0 aliphatic carbocycles. The van der Waals surface area contributed by atoms with Gasteiger partial charge >= 0.3 is 17.9 Å². The number of esters is 3. The second-order valence-electron chi connectivity index (χ2n) is 22.3. The van der Waals surface area contributed by atoms with Crippen molar-refractivity contribution in [3.63, 3.8) is 0 Å². The Morgan fingerprint density at radius 3 is 0.762 bits per heavy atom. The molecule has 80 heavy (non-hydrogen) atoms. The highest BCUT2D eigenvalue weighted by Gasteiger charge is 2.19. The summed E-state index contributed by atoms with van der Waals surface area (Å²) in [4.78, 5) is 38.4. The predicted molar refractivity (Wildman–Crippen MR) is 348 cm³/mol. The van der Waals surface area contributed by atoms with Crippen LogP contribution in [0.1, 0.15) is 323 Å². The molecule has 0 heterocycles. The van der Waals surface area contributed by atoms with Crippen LogP contribution in [0.4, 0.5) is 0 Å². The summed E-state index contributed by atoms with van der Waals surface area (Å²) in [5.41, 5.74) is 0. The van der Waals surface area contributed by atoms with Gasteiger partial charge in [-0.25, -0.2) is 0 Å². The van der Waals surface area contributed by atoms with E-state index in [2.05, 4.69) is 130 Å². The van der Waals surface area contributed by atoms with Gasteiger partial charge in [-0.1, -0.05) is 310 Å². The molecule has 0 amide bonds. The third-order valence-electron chi connectivity index (χ3n) is 14.5. The van der Waals surface area contributed by atoms with Crippen molar-refractivity contribution >= 4 is 17.9 Å². The monoisotopic (exact) mass is 1110 g/mol. The van der Waals surface area contributed by atoms with Gasteiger partial charge in [0.15, 0.2) is 6.10 Å². The van der Waals surface area contributed by atoms with Gasteiger partial charge in [0, 0.05) is 19.3 Å². The number of carbonyl (C=O) groups is 3. The highest BCUT2D eigenvalue weighted by atomic mass is 16.6. The number of rotatable bonds is 61. The molecule has 458 valence electrons. The van der Waals surface area contributed by atoms with Crippen LogP contribution in [0.25, 0.3) is 0 Å². The molecule has 0 aromatic rings. The number of carbonyl (C=O) groups excluding carboxylic acids is 3. The summed E-state index contributed by atoms with van der Waals surface area (Å²) in [5.74, 6) is -0.904. The molecular weight excluding hydrogens is 985 g/mol. The maximum absolute atomic E-state index is 13.0. The van der Waals surface area contributed by atoms with E-state index in [0.29, 0.717) is 19.3 Å². The molecule has 0 aromatic carbocycles. The first kappa shape index (κ1) is 76.1. The van der Waals surface area contributed by atoms with Crippen molar-refractivity contribution in [1.82, 2.24) is 0 Å². The fourth-order valence-electron chi connectivity index (χ4n) is 9.52. The van der Waals surface area contributed by atoms with Crippen LogP contribution in [-0.2, 0) is 28.6 Å². The number of hydrogen-bond acceptors (Lipinski definition) is 6. The quantitative estimate of drug-likeness (QED) is 0.0261. The molecular formula is C74H126O6. The fraction of sp³-hybridized carbons (Fsp3) is 0.716. The first-order chi connectivity index (χ1) is 39.5. The fourth-order valence-corrected chi connectivity index (χ4v) is 9.52. The lowest BCUT2D eigenvalue weighted by molar-refractivity contribution is -0.167. The third-order valence-corrected chi connectivity index (χ3v) is 14.5. The molecule has 0 saturated heterocycles. The van der Waals surface area contributed by atoms with Crippen molar-refractivity contribution < 1.29 is 28.6 Å². The van der Waals surface area contributed by atoms with Gasteiger partial charge in [-0.05, 0) is 103 Å². The average molecular weight is 1110 g/mol. The molecule has 6 heteroatoms. The van der Waals surface area contributed by atoms with Crippen molar-refractivity contribution in [3.05, 3.63) is 109 Å². The van der Waals surface area contributed by atoms with E-state index < -0.39 is 6.10 Å². The number of hydrogen-bond donors (Lipinski definition) is 0. The van der Waals surface area contributed by atoms with Gasteiger partial charge in [0.05, 0.1) is 0 Å². The topological polar surface area (TPSA) is 78.9 Å². The predicted octanol–water partition coefficient (Wildman–Crippen LogP) is 23.4. The average Bonchev–Trinajstić information content (AvgIpc) is 3.46. The Labute approximate surface area is 495 Å². The molecule has 6 nitrogen and oxygen atoms in total. The lowest BCUT2D eigenvalue weighted by atomic mass is 10.0. The number of allylic oxidation sites excluding steroid dienone is 18. The van der Waals surface area contributed by atoms with Gasteiger partial charge in [-0.2, -0.15) is 0 Å². The van der Waals surface area contributed by atoms with Gasteiger partial charge in [-0.15, -0.1) is 0 Å². The van der Waals surface area contributed by atoms with Crippen molar-refractivity contribution in [3.8, 4) is 0 Å². The molecule has 1 atom stereocenters. The molecule has 0 aromatic heterocycles. The molecule has 0 aliphatic heterocycles. The SMILES string of the molecule is CC/C=C\C/C=C\C/C=C\C/C=C\C/C=C\CCCCCCCCCCCC(=O)OCC(COC(=O)CCCCCC/C=C\C/C=C\C/C=C\C/C=C\CC)OC(=O)CCCCCCCCCCCCCCCCCCCCCC. The smallest absolute Gasteiger partial charge is 0.306 e. The van der Waals surface area contributed by atoms with Gasteiger partial charge in [0.2, 0.25) is 0 Å². The molecule has 0 rings (SSSR count). The summed E-state index contributed by atoms with van der Waals surface area (Å²) in [6.45, 7) is 6.43. The summed E-state index contributed by atoms with van der Waals surface area (Å²) in [6, 6.07) is 0. The lowest BCUT2D eigenvalue weighted by Crippen LogP contribution is -2.30. The zero-order chi connectivity index (χ0) is 57.8. The lowest BCUT2D eigenvalue weighted by Gasteiger charge is -2.18. The summed E-state index contributed by atoms with van der Waals surface area (Å²) in [6.07, 6.45) is 92.4. The van der Waals surface area contributed by atoms with Crippen LogP contribution in [0.15, 0.2) is 109 Å². The van der Waals surface area contributed by atoms with Crippen LogP contribution in [0, 0.1) is 0 Å². The highest BCUT2D eigenvalue weighted by molar-refractivity contribution is 5.71. The molecule has 1 unspecified atom stereocenters. The standard InChI is InChI=1S/C74H126O6/c1-4-7-10-13-16-19-22-25-28-31-33-35-36-37-38-39-41-43-46-49-52-55-58-61-64-67-73(76)79-70-71(69-78-72(75)66-63-60-57-54-51-48-45-42-30-27-24-21-18-15-12-9-6-3)80-74(77)68-65-62-59-56-53-50-47-44-40-34-32-29-26-23-20-17-14-11-8-5-2/h7,9-10,12,16,18-19,21,25,27-28,30,33,35,37-38,45,48,71H,4-6,8,11,13-15,17,20,22-24,26,29,31-32,34,36,39-44,46-47,49-70H2,1-3H3/b10-7-,12-9-,19-16-,21-18-,28-25-,30-27-,35-33-,38-37-,48-45-. The first-order valence-electron chi connectivity index (χ1n) is 33.9. The minimum absolute atomic E-state index is 0.0878. The van der Waals surface area contributed by atoms with Crippen molar-refractivity contribution in [2.75, 3.05) is 13.2 Å². The minimum Gasteiger partial charge on any atom is -0.462 e. The zero-order valence-corrected chi connectivity index (χ0v) is 52.6. The Hall–Kier alpha value is -3.93. The van der Waals surface area contributed by atoms with Crippen molar-refractivity contribution in [2.45, 2.75) is 329 Å². The Balaban J connectivity index is 4.39. The van der Waals surface area contributed by atoms with Gasteiger partial charge in [0.25, 0.3) is 0 Å². The number of unbranched alkanes of at least 4 members (excludes halogenated alkanes) is 32. The molecule has 0 fully saturated rings. The maximum atomic E-state index is 13.0.